The van der Waals surface area contributed by atoms with Gasteiger partial charge in [-0.1, -0.05) is 0 Å². The van der Waals surface area contributed by atoms with E-state index in [1.54, 1.807) is 6.92 Å². The van der Waals surface area contributed by atoms with Gasteiger partial charge >= 0.3 is 6.61 Å². The molecule has 0 bridgehead atoms. The van der Waals surface area contributed by atoms with Gasteiger partial charge in [-0.2, -0.15) is 8.78 Å². The molecule has 2 aromatic rings. The van der Waals surface area contributed by atoms with Crippen molar-refractivity contribution in [3.63, 3.8) is 0 Å². The Kier molecular flexibility index (Phi) is 6.17. The Balaban J connectivity index is 1.81. The first-order chi connectivity index (χ1) is 15.8. The molecule has 1 aromatic heterocycles. The minimum Gasteiger partial charge on any atom is -0.435 e. The summed E-state index contributed by atoms with van der Waals surface area (Å²) in [6.45, 7) is 1.18. The summed E-state index contributed by atoms with van der Waals surface area (Å²) in [5, 5.41) is 2.61. The molecule has 1 atom stereocenters. The van der Waals surface area contributed by atoms with Crippen LogP contribution < -0.4 is 20.7 Å². The van der Waals surface area contributed by atoms with Gasteiger partial charge in [-0.15, -0.1) is 0 Å². The number of halogens is 5. The van der Waals surface area contributed by atoms with Crippen molar-refractivity contribution in [3.05, 3.63) is 41.5 Å². The molecule has 1 aliphatic heterocycles. The number of aryl methyl sites for hydroxylation is 1. The van der Waals surface area contributed by atoms with Crippen LogP contribution in [0.5, 0.6) is 5.75 Å². The first-order valence-corrected chi connectivity index (χ1v) is 10.8. The summed E-state index contributed by atoms with van der Waals surface area (Å²) in [5.41, 5.74) is 7.18. The lowest BCUT2D eigenvalue weighted by Crippen LogP contribution is -2.50. The van der Waals surface area contributed by atoms with Gasteiger partial charge in [-0.3, -0.25) is 9.78 Å². The maximum absolute atomic E-state index is 14.4. The highest BCUT2D eigenvalue weighted by molar-refractivity contribution is 6.04. The van der Waals surface area contributed by atoms with Crippen molar-refractivity contribution in [1.82, 2.24) is 10.3 Å². The predicted octanol–water partition coefficient (Wildman–Crippen LogP) is 4.25. The number of carbonyl (C=O) groups excluding carboxylic acids is 1. The fraction of sp³-hybridized carbons (Fsp3) is 0.478. The van der Waals surface area contributed by atoms with Crippen LogP contribution >= 0.6 is 0 Å². The van der Waals surface area contributed by atoms with Crippen molar-refractivity contribution in [2.24, 2.45) is 5.73 Å². The number of nitrogens with one attached hydrogen (secondary N) is 1. The number of hydrogen-bond donors (Lipinski definition) is 2. The van der Waals surface area contributed by atoms with E-state index in [9.17, 15) is 26.7 Å². The molecule has 0 spiro atoms. The molecule has 2 fully saturated rings. The lowest BCUT2D eigenvalue weighted by molar-refractivity contribution is -0.0901. The van der Waals surface area contributed by atoms with Gasteiger partial charge in [0.2, 0.25) is 0 Å². The number of alkyl halides is 4. The number of hydrogen-bond acceptors (Lipinski definition) is 5. The number of rotatable bonds is 6. The van der Waals surface area contributed by atoms with Gasteiger partial charge in [0.05, 0.1) is 11.3 Å². The fourth-order valence-corrected chi connectivity index (χ4v) is 4.51. The van der Waals surface area contributed by atoms with E-state index in [-0.39, 0.29) is 16.9 Å². The first kappa shape index (κ1) is 24.2. The Morgan fingerprint density at radius 3 is 2.59 bits per heavy atom. The topological polar surface area (TPSA) is 80.5 Å². The Morgan fingerprint density at radius 2 is 2.00 bits per heavy atom. The summed E-state index contributed by atoms with van der Waals surface area (Å²) in [4.78, 5) is 19.2. The van der Waals surface area contributed by atoms with Crippen LogP contribution in [0.15, 0.2) is 24.4 Å². The summed E-state index contributed by atoms with van der Waals surface area (Å²) in [6, 6.07) is 2.53. The van der Waals surface area contributed by atoms with Crippen LogP contribution in [0.25, 0.3) is 11.1 Å². The number of nitrogens with two attached hydrogens (primary N) is 1. The molecule has 1 saturated carbocycles. The Morgan fingerprint density at radius 1 is 1.29 bits per heavy atom. The number of aromatic nitrogens is 1. The highest BCUT2D eigenvalue weighted by atomic mass is 19.3. The van der Waals surface area contributed by atoms with Crippen molar-refractivity contribution < 1.29 is 31.5 Å². The zero-order chi connectivity index (χ0) is 24.8. The number of anilines is 1. The highest BCUT2D eigenvalue weighted by Gasteiger charge is 2.46. The number of nitrogens with zero attached hydrogens (tertiary/aromatic N) is 2. The lowest BCUT2D eigenvalue weighted by atomic mass is 9.88. The number of benzene rings is 1. The van der Waals surface area contributed by atoms with Crippen molar-refractivity contribution in [1.29, 1.82) is 0 Å². The average Bonchev–Trinajstić information content (AvgIpc) is 3.04. The molecule has 1 saturated heterocycles. The van der Waals surface area contributed by atoms with Crippen molar-refractivity contribution in [2.75, 3.05) is 18.0 Å². The largest absolute Gasteiger partial charge is 0.435 e. The molecule has 2 heterocycles. The standard InChI is InChI=1S/C23H25F5N4O2/c1-12-18(13-5-14(24)7-16(6-13)34-21(25)26)19(32-4-3-22(2,29)11-32)17(10-30-12)20(33)31-15-8-23(27,28)9-15/h5-7,10,15,21H,3-4,8-9,11,29H2,1-2H3,(H,31,33)/t22-/m0/s1. The summed E-state index contributed by atoms with van der Waals surface area (Å²) in [5.74, 6) is -4.60. The van der Waals surface area contributed by atoms with Crippen LogP contribution in [-0.4, -0.2) is 48.1 Å². The van der Waals surface area contributed by atoms with Crippen molar-refractivity contribution >= 4 is 11.6 Å². The predicted molar refractivity (Wildman–Crippen MR) is 116 cm³/mol. The van der Waals surface area contributed by atoms with E-state index in [4.69, 9.17) is 5.73 Å². The third kappa shape index (κ3) is 5.08. The smallest absolute Gasteiger partial charge is 0.387 e. The molecule has 1 amide bonds. The molecule has 184 valence electrons. The first-order valence-electron chi connectivity index (χ1n) is 10.8. The van der Waals surface area contributed by atoms with Gasteiger partial charge in [0, 0.05) is 61.0 Å². The SMILES string of the molecule is Cc1ncc(C(=O)NC2CC(F)(F)C2)c(N2CC[C@](C)(N)C2)c1-c1cc(F)cc(OC(F)F)c1. The molecule has 0 radical (unpaired) electrons. The van der Waals surface area contributed by atoms with Crippen molar-refractivity contribution in [2.45, 2.75) is 57.2 Å². The van der Waals surface area contributed by atoms with E-state index in [1.807, 2.05) is 11.8 Å². The quantitative estimate of drug-likeness (QED) is 0.600. The van der Waals surface area contributed by atoms with Gasteiger partial charge in [0.1, 0.15) is 11.6 Å². The molecule has 3 N–H and O–H groups in total. The van der Waals surface area contributed by atoms with Gasteiger partial charge in [-0.25, -0.2) is 13.2 Å². The fourth-order valence-electron chi connectivity index (χ4n) is 4.51. The molecule has 4 rings (SSSR count). The van der Waals surface area contributed by atoms with E-state index in [0.29, 0.717) is 36.5 Å². The van der Waals surface area contributed by atoms with Crippen LogP contribution in [0, 0.1) is 12.7 Å². The maximum atomic E-state index is 14.4. The Hall–Kier alpha value is -2.95. The van der Waals surface area contributed by atoms with Crippen LogP contribution in [0.2, 0.25) is 0 Å². The number of amides is 1. The van der Waals surface area contributed by atoms with Crippen LogP contribution in [-0.2, 0) is 0 Å². The highest BCUT2D eigenvalue weighted by Crippen LogP contribution is 2.41. The van der Waals surface area contributed by atoms with E-state index in [2.05, 4.69) is 15.0 Å². The summed E-state index contributed by atoms with van der Waals surface area (Å²) in [6.07, 6.45) is 1.03. The Bertz CT molecular complexity index is 1100. The normalized spacial score (nSPS) is 22.1. The molecule has 34 heavy (non-hydrogen) atoms. The van der Waals surface area contributed by atoms with Gasteiger partial charge in [-0.05, 0) is 38.0 Å². The molecular formula is C23H25F5N4O2. The molecule has 1 aliphatic carbocycles. The second-order valence-electron chi connectivity index (χ2n) is 9.30. The second kappa shape index (κ2) is 8.68. The number of pyridine rings is 1. The summed E-state index contributed by atoms with van der Waals surface area (Å²) < 4.78 is 70.8. The number of carbonyl (C=O) groups is 1. The summed E-state index contributed by atoms with van der Waals surface area (Å²) in [7, 11) is 0. The molecule has 0 unspecified atom stereocenters. The minimum absolute atomic E-state index is 0.106. The van der Waals surface area contributed by atoms with Gasteiger partial charge < -0.3 is 20.7 Å². The van der Waals surface area contributed by atoms with Crippen LogP contribution in [0.4, 0.5) is 27.6 Å². The van der Waals surface area contributed by atoms with E-state index in [1.165, 1.54) is 12.3 Å². The van der Waals surface area contributed by atoms with Gasteiger partial charge in [0.15, 0.2) is 0 Å². The van der Waals surface area contributed by atoms with Crippen LogP contribution in [0.3, 0.4) is 0 Å². The third-order valence-corrected chi connectivity index (χ3v) is 6.12. The van der Waals surface area contributed by atoms with Crippen LogP contribution in [0.1, 0.15) is 42.2 Å². The zero-order valence-electron chi connectivity index (χ0n) is 18.7. The molecule has 6 nitrogen and oxygen atoms in total. The van der Waals surface area contributed by atoms with Crippen molar-refractivity contribution in [3.8, 4) is 16.9 Å². The molecule has 2 aliphatic rings. The Labute approximate surface area is 193 Å². The van der Waals surface area contributed by atoms with E-state index < -0.39 is 48.7 Å². The average molecular weight is 484 g/mol. The van der Waals surface area contributed by atoms with Gasteiger partial charge in [0.25, 0.3) is 11.8 Å². The lowest BCUT2D eigenvalue weighted by Gasteiger charge is -2.35. The maximum Gasteiger partial charge on any atom is 0.387 e. The summed E-state index contributed by atoms with van der Waals surface area (Å²) >= 11 is 0. The molecule has 11 heteroatoms. The van der Waals surface area contributed by atoms with E-state index >= 15 is 0 Å². The molecular weight excluding hydrogens is 459 g/mol. The molecule has 1 aromatic carbocycles. The minimum atomic E-state index is -3.15. The zero-order valence-corrected chi connectivity index (χ0v) is 18.7. The second-order valence-corrected chi connectivity index (χ2v) is 9.30. The third-order valence-electron chi connectivity index (χ3n) is 6.12. The monoisotopic (exact) mass is 484 g/mol. The van der Waals surface area contributed by atoms with E-state index in [0.717, 1.165) is 12.1 Å². The number of ether oxygens (including phenoxy) is 1.